The van der Waals surface area contributed by atoms with Gasteiger partial charge in [0.05, 0.1) is 0 Å². The number of fused-ring (bicyclic) bond motifs is 5. The smallest absolute Gasteiger partial charge is 0.164 e. The molecule has 7 aromatic carbocycles. The van der Waals surface area contributed by atoms with E-state index in [1.807, 2.05) is 48.5 Å². The molecule has 0 aliphatic heterocycles. The van der Waals surface area contributed by atoms with E-state index in [0.717, 1.165) is 71.7 Å². The van der Waals surface area contributed by atoms with Crippen LogP contribution in [0.15, 0.2) is 168 Å². The second-order valence-electron chi connectivity index (χ2n) is 11.6. The van der Waals surface area contributed by atoms with Crippen molar-refractivity contribution in [2.45, 2.75) is 0 Å². The maximum absolute atomic E-state index is 6.37. The monoisotopic (exact) mass is 601 g/mol. The summed E-state index contributed by atoms with van der Waals surface area (Å²) in [6.45, 7) is 0. The van der Waals surface area contributed by atoms with Gasteiger partial charge in [0.25, 0.3) is 0 Å². The van der Waals surface area contributed by atoms with Crippen LogP contribution in [0.3, 0.4) is 0 Å². The van der Waals surface area contributed by atoms with Crippen molar-refractivity contribution in [3.63, 3.8) is 0 Å². The van der Waals surface area contributed by atoms with E-state index in [2.05, 4.69) is 115 Å². The van der Waals surface area contributed by atoms with Crippen molar-refractivity contribution in [2.24, 2.45) is 0 Å². The Morgan fingerprint density at radius 1 is 0.319 bits per heavy atom. The quantitative estimate of drug-likeness (QED) is 0.197. The summed E-state index contributed by atoms with van der Waals surface area (Å²) in [5.41, 5.74) is 9.08. The van der Waals surface area contributed by atoms with E-state index >= 15 is 0 Å². The second kappa shape index (κ2) is 11.2. The lowest BCUT2D eigenvalue weighted by molar-refractivity contribution is 0.672. The Balaban J connectivity index is 1.19. The van der Waals surface area contributed by atoms with Crippen LogP contribution < -0.4 is 0 Å². The Bertz CT molecular complexity index is 2570. The molecule has 4 nitrogen and oxygen atoms in total. The molecule has 0 aliphatic rings. The molecule has 220 valence electrons. The Kier molecular flexibility index (Phi) is 6.43. The van der Waals surface area contributed by atoms with E-state index in [1.165, 1.54) is 0 Å². The van der Waals surface area contributed by atoms with E-state index < -0.39 is 0 Å². The highest BCUT2D eigenvalue weighted by molar-refractivity contribution is 6.17. The van der Waals surface area contributed by atoms with Crippen LogP contribution in [-0.4, -0.2) is 15.0 Å². The SMILES string of the molecule is c1ccc(-c2cccc(-c3nc(-c4ccccc4)nc(-c4cccc(-c5cccc6c5ccc5c7ccccc7oc65)c4)n3)c2)cc1. The molecule has 0 bridgehead atoms. The average molecular weight is 602 g/mol. The van der Waals surface area contributed by atoms with Crippen LogP contribution in [-0.2, 0) is 0 Å². The van der Waals surface area contributed by atoms with Crippen molar-refractivity contribution in [3.8, 4) is 56.4 Å². The zero-order chi connectivity index (χ0) is 31.2. The molecule has 4 heteroatoms. The van der Waals surface area contributed by atoms with Gasteiger partial charge in [-0.2, -0.15) is 0 Å². The highest BCUT2D eigenvalue weighted by Gasteiger charge is 2.16. The van der Waals surface area contributed by atoms with Gasteiger partial charge >= 0.3 is 0 Å². The third-order valence-electron chi connectivity index (χ3n) is 8.73. The summed E-state index contributed by atoms with van der Waals surface area (Å²) in [5.74, 6) is 1.90. The van der Waals surface area contributed by atoms with Crippen LogP contribution in [0.1, 0.15) is 0 Å². The predicted octanol–water partition coefficient (Wildman–Crippen LogP) is 11.3. The number of furan rings is 1. The molecule has 0 fully saturated rings. The molecule has 0 amide bonds. The third-order valence-corrected chi connectivity index (χ3v) is 8.73. The number of hydrogen-bond acceptors (Lipinski definition) is 4. The van der Waals surface area contributed by atoms with Gasteiger partial charge in [0.2, 0.25) is 0 Å². The molecule has 9 aromatic rings. The molecule has 0 atom stereocenters. The standard InChI is InChI=1S/C43H27N3O/c1-3-12-28(13-4-1)30-16-9-18-32(26-30)42-44-41(29-14-5-2-6-15-29)45-43(46-42)33-19-10-17-31(27-33)34-21-11-22-37-35(34)24-25-38-36-20-7-8-23-39(36)47-40(37)38/h1-27H. The van der Waals surface area contributed by atoms with Gasteiger partial charge in [0.15, 0.2) is 17.5 Å². The summed E-state index contributed by atoms with van der Waals surface area (Å²) in [6, 6.07) is 56.3. The summed E-state index contributed by atoms with van der Waals surface area (Å²) in [7, 11) is 0. The minimum absolute atomic E-state index is 0.626. The van der Waals surface area contributed by atoms with Gasteiger partial charge in [0.1, 0.15) is 11.2 Å². The highest BCUT2D eigenvalue weighted by atomic mass is 16.3. The van der Waals surface area contributed by atoms with Crippen LogP contribution in [0.4, 0.5) is 0 Å². The Morgan fingerprint density at radius 2 is 0.809 bits per heavy atom. The largest absolute Gasteiger partial charge is 0.455 e. The Morgan fingerprint density at radius 3 is 1.55 bits per heavy atom. The molecule has 0 saturated carbocycles. The molecule has 0 unspecified atom stereocenters. The fraction of sp³-hybridized carbons (Fsp3) is 0. The molecule has 0 N–H and O–H groups in total. The lowest BCUT2D eigenvalue weighted by Gasteiger charge is -2.11. The van der Waals surface area contributed by atoms with Crippen molar-refractivity contribution in [1.82, 2.24) is 15.0 Å². The lowest BCUT2D eigenvalue weighted by Crippen LogP contribution is -2.00. The lowest BCUT2D eigenvalue weighted by atomic mass is 9.95. The van der Waals surface area contributed by atoms with Gasteiger partial charge < -0.3 is 4.42 Å². The molecule has 9 rings (SSSR count). The van der Waals surface area contributed by atoms with Crippen molar-refractivity contribution < 1.29 is 4.42 Å². The van der Waals surface area contributed by atoms with Crippen LogP contribution >= 0.6 is 0 Å². The van der Waals surface area contributed by atoms with Gasteiger partial charge in [0, 0.05) is 32.8 Å². The number of rotatable bonds is 5. The first kappa shape index (κ1) is 27.0. The molecular formula is C43H27N3O. The van der Waals surface area contributed by atoms with E-state index in [1.54, 1.807) is 0 Å². The molecular weight excluding hydrogens is 574 g/mol. The second-order valence-corrected chi connectivity index (χ2v) is 11.6. The summed E-state index contributed by atoms with van der Waals surface area (Å²) in [4.78, 5) is 15.0. The van der Waals surface area contributed by atoms with Crippen molar-refractivity contribution in [3.05, 3.63) is 164 Å². The summed E-state index contributed by atoms with van der Waals surface area (Å²) < 4.78 is 6.37. The molecule has 0 saturated heterocycles. The molecule has 0 aliphatic carbocycles. The molecule has 0 radical (unpaired) electrons. The molecule has 2 heterocycles. The fourth-order valence-electron chi connectivity index (χ4n) is 6.44. The minimum atomic E-state index is 0.626. The topological polar surface area (TPSA) is 51.8 Å². The maximum atomic E-state index is 6.37. The van der Waals surface area contributed by atoms with Crippen molar-refractivity contribution in [1.29, 1.82) is 0 Å². The zero-order valence-corrected chi connectivity index (χ0v) is 25.3. The first-order valence-corrected chi connectivity index (χ1v) is 15.7. The Labute approximate surface area is 271 Å². The van der Waals surface area contributed by atoms with Crippen LogP contribution in [0.2, 0.25) is 0 Å². The van der Waals surface area contributed by atoms with Gasteiger partial charge in [-0.3, -0.25) is 0 Å². The first-order valence-electron chi connectivity index (χ1n) is 15.7. The maximum Gasteiger partial charge on any atom is 0.164 e. The number of hydrogen-bond donors (Lipinski definition) is 0. The van der Waals surface area contributed by atoms with Gasteiger partial charge in [-0.1, -0.05) is 140 Å². The van der Waals surface area contributed by atoms with Crippen LogP contribution in [0.5, 0.6) is 0 Å². The van der Waals surface area contributed by atoms with Gasteiger partial charge in [-0.05, 0) is 51.9 Å². The third kappa shape index (κ3) is 4.84. The van der Waals surface area contributed by atoms with Gasteiger partial charge in [-0.25, -0.2) is 15.0 Å². The van der Waals surface area contributed by atoms with E-state index in [-0.39, 0.29) is 0 Å². The van der Waals surface area contributed by atoms with Crippen molar-refractivity contribution >= 4 is 32.7 Å². The normalized spacial score (nSPS) is 11.4. The number of nitrogens with zero attached hydrogens (tertiary/aromatic N) is 3. The van der Waals surface area contributed by atoms with Gasteiger partial charge in [-0.15, -0.1) is 0 Å². The highest BCUT2D eigenvalue weighted by Crippen LogP contribution is 2.38. The van der Waals surface area contributed by atoms with Crippen molar-refractivity contribution in [2.75, 3.05) is 0 Å². The summed E-state index contributed by atoms with van der Waals surface area (Å²) in [5, 5.41) is 4.48. The summed E-state index contributed by atoms with van der Waals surface area (Å²) >= 11 is 0. The Hall–Kier alpha value is -6.39. The molecule has 47 heavy (non-hydrogen) atoms. The zero-order valence-electron chi connectivity index (χ0n) is 25.3. The number of para-hydroxylation sites is 1. The molecule has 0 spiro atoms. The van der Waals surface area contributed by atoms with E-state index in [9.17, 15) is 0 Å². The number of benzene rings is 7. The first-order chi connectivity index (χ1) is 23.3. The predicted molar refractivity (Wildman–Crippen MR) is 192 cm³/mol. The number of aromatic nitrogens is 3. The average Bonchev–Trinajstić information content (AvgIpc) is 3.55. The minimum Gasteiger partial charge on any atom is -0.455 e. The van der Waals surface area contributed by atoms with Crippen LogP contribution in [0, 0.1) is 0 Å². The summed E-state index contributed by atoms with van der Waals surface area (Å²) in [6.07, 6.45) is 0. The fourth-order valence-corrected chi connectivity index (χ4v) is 6.44. The van der Waals surface area contributed by atoms with Crippen LogP contribution in [0.25, 0.3) is 89.1 Å². The molecule has 2 aromatic heterocycles. The van der Waals surface area contributed by atoms with E-state index in [0.29, 0.717) is 17.5 Å². The van der Waals surface area contributed by atoms with E-state index in [4.69, 9.17) is 19.4 Å².